The molecule has 0 fully saturated rings. The molecular formula is C21H24N2O3. The van der Waals surface area contributed by atoms with Crippen LogP contribution in [-0.2, 0) is 11.3 Å². The number of aliphatic hydroxyl groups is 1. The van der Waals surface area contributed by atoms with E-state index in [9.17, 15) is 14.7 Å². The lowest BCUT2D eigenvalue weighted by molar-refractivity contribution is -0.116. The highest BCUT2D eigenvalue weighted by Crippen LogP contribution is 2.19. The molecule has 26 heavy (non-hydrogen) atoms. The number of aliphatic hydroxyl groups excluding tert-OH is 1. The van der Waals surface area contributed by atoms with Gasteiger partial charge < -0.3 is 15.7 Å². The Hall–Kier alpha value is -2.92. The van der Waals surface area contributed by atoms with E-state index in [-0.39, 0.29) is 18.4 Å². The third-order valence-electron chi connectivity index (χ3n) is 4.18. The molecule has 2 aromatic carbocycles. The van der Waals surface area contributed by atoms with Crippen molar-refractivity contribution in [3.8, 4) is 0 Å². The zero-order valence-corrected chi connectivity index (χ0v) is 14.8. The Morgan fingerprint density at radius 2 is 1.77 bits per heavy atom. The molecule has 0 bridgehead atoms. The number of benzene rings is 2. The largest absolute Gasteiger partial charge is 0.386 e. The van der Waals surface area contributed by atoms with Gasteiger partial charge in [0.2, 0.25) is 5.91 Å². The maximum Gasteiger partial charge on any atom is 0.251 e. The summed E-state index contributed by atoms with van der Waals surface area (Å²) in [7, 11) is 0. The van der Waals surface area contributed by atoms with Gasteiger partial charge in [0.15, 0.2) is 0 Å². The number of carbonyl (C=O) groups excluding carboxylic acids is 2. The summed E-state index contributed by atoms with van der Waals surface area (Å²) in [6.45, 7) is 5.55. The Morgan fingerprint density at radius 3 is 2.42 bits per heavy atom. The van der Waals surface area contributed by atoms with Crippen LogP contribution in [0.5, 0.6) is 0 Å². The summed E-state index contributed by atoms with van der Waals surface area (Å²) in [5.41, 5.74) is 1.92. The molecule has 2 amide bonds. The second-order valence-electron chi connectivity index (χ2n) is 5.92. The van der Waals surface area contributed by atoms with Crippen molar-refractivity contribution >= 4 is 11.8 Å². The molecule has 5 nitrogen and oxygen atoms in total. The Labute approximate surface area is 153 Å². The summed E-state index contributed by atoms with van der Waals surface area (Å²) in [6.07, 6.45) is 0.973. The van der Waals surface area contributed by atoms with Gasteiger partial charge in [-0.1, -0.05) is 62.0 Å². The third kappa shape index (κ3) is 5.04. The number of hydrogen-bond donors (Lipinski definition) is 3. The molecule has 0 aliphatic rings. The van der Waals surface area contributed by atoms with Crippen molar-refractivity contribution in [2.24, 2.45) is 0 Å². The summed E-state index contributed by atoms with van der Waals surface area (Å²) in [4.78, 5) is 24.1. The van der Waals surface area contributed by atoms with Crippen LogP contribution in [0, 0.1) is 0 Å². The van der Waals surface area contributed by atoms with Gasteiger partial charge in [0.05, 0.1) is 12.1 Å². The van der Waals surface area contributed by atoms with Crippen LogP contribution in [0.25, 0.3) is 0 Å². The lowest BCUT2D eigenvalue weighted by Gasteiger charge is -2.24. The molecule has 136 valence electrons. The quantitative estimate of drug-likeness (QED) is 0.639. The van der Waals surface area contributed by atoms with Gasteiger partial charge in [-0.25, -0.2) is 0 Å². The molecule has 0 saturated heterocycles. The van der Waals surface area contributed by atoms with Crippen LogP contribution >= 0.6 is 0 Å². The minimum Gasteiger partial charge on any atom is -0.386 e. The van der Waals surface area contributed by atoms with Crippen LogP contribution in [0.15, 0.2) is 67.3 Å². The predicted octanol–water partition coefficient (Wildman–Crippen LogP) is 2.73. The highest BCUT2D eigenvalue weighted by atomic mass is 16.3. The Morgan fingerprint density at radius 1 is 1.12 bits per heavy atom. The van der Waals surface area contributed by atoms with Crippen molar-refractivity contribution in [1.82, 2.24) is 10.6 Å². The van der Waals surface area contributed by atoms with Gasteiger partial charge in [-0.15, -0.1) is 0 Å². The highest BCUT2D eigenvalue weighted by Gasteiger charge is 2.22. The molecule has 0 spiro atoms. The van der Waals surface area contributed by atoms with Gasteiger partial charge in [-0.05, 0) is 29.7 Å². The molecule has 3 N–H and O–H groups in total. The minimum atomic E-state index is -0.794. The Kier molecular flexibility index (Phi) is 7.12. The summed E-state index contributed by atoms with van der Waals surface area (Å²) >= 11 is 0. The first-order valence-electron chi connectivity index (χ1n) is 8.58. The van der Waals surface area contributed by atoms with Gasteiger partial charge in [0.25, 0.3) is 5.91 Å². The molecule has 2 aromatic rings. The SMILES string of the molecule is C=CC(=O)NCc1ccccc1C(=O)NC(CC)C(O)c1ccccc1. The van der Waals surface area contributed by atoms with E-state index in [0.717, 1.165) is 5.56 Å². The van der Waals surface area contributed by atoms with E-state index < -0.39 is 12.1 Å². The van der Waals surface area contributed by atoms with E-state index >= 15 is 0 Å². The van der Waals surface area contributed by atoms with Crippen molar-refractivity contribution in [1.29, 1.82) is 0 Å². The monoisotopic (exact) mass is 352 g/mol. The molecule has 2 unspecified atom stereocenters. The molecule has 0 saturated carbocycles. The fourth-order valence-corrected chi connectivity index (χ4v) is 2.68. The van der Waals surface area contributed by atoms with Crippen LogP contribution in [0.4, 0.5) is 0 Å². The molecule has 0 aliphatic heterocycles. The lowest BCUT2D eigenvalue weighted by atomic mass is 9.99. The number of rotatable bonds is 8. The zero-order chi connectivity index (χ0) is 18.9. The van der Waals surface area contributed by atoms with E-state index in [4.69, 9.17) is 0 Å². The summed E-state index contributed by atoms with van der Waals surface area (Å²) in [6, 6.07) is 15.9. The van der Waals surface area contributed by atoms with E-state index in [1.54, 1.807) is 18.2 Å². The predicted molar refractivity (Wildman–Crippen MR) is 101 cm³/mol. The van der Waals surface area contributed by atoms with Crippen LogP contribution in [0.3, 0.4) is 0 Å². The highest BCUT2D eigenvalue weighted by molar-refractivity contribution is 5.96. The summed E-state index contributed by atoms with van der Waals surface area (Å²) in [5, 5.41) is 16.1. The second-order valence-corrected chi connectivity index (χ2v) is 5.92. The Balaban J connectivity index is 2.12. The molecule has 2 atom stereocenters. The first-order valence-corrected chi connectivity index (χ1v) is 8.58. The average Bonchev–Trinajstić information content (AvgIpc) is 2.70. The van der Waals surface area contributed by atoms with Crippen molar-refractivity contribution in [2.45, 2.75) is 32.0 Å². The first kappa shape index (κ1) is 19.4. The van der Waals surface area contributed by atoms with Crippen LogP contribution in [-0.4, -0.2) is 23.0 Å². The molecule has 0 heterocycles. The van der Waals surface area contributed by atoms with Crippen molar-refractivity contribution < 1.29 is 14.7 Å². The van der Waals surface area contributed by atoms with Crippen molar-refractivity contribution in [3.63, 3.8) is 0 Å². The van der Waals surface area contributed by atoms with Gasteiger partial charge in [0.1, 0.15) is 0 Å². The normalized spacial score (nSPS) is 12.7. The average molecular weight is 352 g/mol. The summed E-state index contributed by atoms with van der Waals surface area (Å²) in [5.74, 6) is -0.582. The van der Waals surface area contributed by atoms with E-state index in [0.29, 0.717) is 17.5 Å². The van der Waals surface area contributed by atoms with Gasteiger partial charge in [0, 0.05) is 12.1 Å². The van der Waals surface area contributed by atoms with Crippen LogP contribution in [0.2, 0.25) is 0 Å². The van der Waals surface area contributed by atoms with Crippen LogP contribution < -0.4 is 10.6 Å². The topological polar surface area (TPSA) is 78.4 Å². The van der Waals surface area contributed by atoms with Crippen LogP contribution in [0.1, 0.15) is 40.9 Å². The number of amides is 2. The number of nitrogens with one attached hydrogen (secondary N) is 2. The standard InChI is InChI=1S/C21H24N2O3/c1-3-18(20(25)15-10-6-5-7-11-15)23-21(26)17-13-9-8-12-16(17)14-22-19(24)4-2/h4-13,18,20,25H,2-3,14H2,1H3,(H,22,24)(H,23,26). The van der Waals surface area contributed by atoms with E-state index in [1.165, 1.54) is 6.08 Å². The Bertz CT molecular complexity index is 759. The van der Waals surface area contributed by atoms with Crippen molar-refractivity contribution in [2.75, 3.05) is 0 Å². The maximum absolute atomic E-state index is 12.7. The number of carbonyl (C=O) groups is 2. The number of hydrogen-bond acceptors (Lipinski definition) is 3. The first-order chi connectivity index (χ1) is 12.6. The fourth-order valence-electron chi connectivity index (χ4n) is 2.68. The smallest absolute Gasteiger partial charge is 0.251 e. The van der Waals surface area contributed by atoms with Gasteiger partial charge in [-0.3, -0.25) is 9.59 Å². The molecular weight excluding hydrogens is 328 g/mol. The minimum absolute atomic E-state index is 0.229. The fraction of sp³-hybridized carbons (Fsp3) is 0.238. The third-order valence-corrected chi connectivity index (χ3v) is 4.18. The van der Waals surface area contributed by atoms with Gasteiger partial charge in [-0.2, -0.15) is 0 Å². The molecule has 2 rings (SSSR count). The maximum atomic E-state index is 12.7. The molecule has 5 heteroatoms. The van der Waals surface area contributed by atoms with Gasteiger partial charge >= 0.3 is 0 Å². The lowest BCUT2D eigenvalue weighted by Crippen LogP contribution is -2.39. The van der Waals surface area contributed by atoms with E-state index in [1.807, 2.05) is 43.3 Å². The second kappa shape index (κ2) is 9.53. The molecule has 0 aliphatic carbocycles. The van der Waals surface area contributed by atoms with E-state index in [2.05, 4.69) is 17.2 Å². The molecule has 0 aromatic heterocycles. The zero-order valence-electron chi connectivity index (χ0n) is 14.8. The molecule has 0 radical (unpaired) electrons. The van der Waals surface area contributed by atoms with Crippen molar-refractivity contribution in [3.05, 3.63) is 83.9 Å². The summed E-state index contributed by atoms with van der Waals surface area (Å²) < 4.78 is 0.